The summed E-state index contributed by atoms with van der Waals surface area (Å²) in [5, 5.41) is 7.63. The van der Waals surface area contributed by atoms with Crippen molar-refractivity contribution in [2.75, 3.05) is 0 Å². The molecule has 5 heteroatoms. The SMILES string of the molecule is Cc1cc(C)n(CCC(C)(NC(C)C)C(N)=O)n1. The Morgan fingerprint density at radius 3 is 2.56 bits per heavy atom. The summed E-state index contributed by atoms with van der Waals surface area (Å²) >= 11 is 0. The van der Waals surface area contributed by atoms with E-state index in [-0.39, 0.29) is 11.9 Å². The Hall–Kier alpha value is -1.36. The fraction of sp³-hybridized carbons (Fsp3) is 0.692. The van der Waals surface area contributed by atoms with Crippen molar-refractivity contribution in [1.29, 1.82) is 0 Å². The zero-order valence-electron chi connectivity index (χ0n) is 11.9. The molecule has 18 heavy (non-hydrogen) atoms. The van der Waals surface area contributed by atoms with Gasteiger partial charge in [0.15, 0.2) is 0 Å². The van der Waals surface area contributed by atoms with Crippen molar-refractivity contribution >= 4 is 5.91 Å². The first-order valence-electron chi connectivity index (χ1n) is 6.33. The molecule has 0 aliphatic heterocycles. The van der Waals surface area contributed by atoms with Gasteiger partial charge in [-0.05, 0) is 47.1 Å². The zero-order valence-corrected chi connectivity index (χ0v) is 11.9. The van der Waals surface area contributed by atoms with Crippen LogP contribution < -0.4 is 11.1 Å². The van der Waals surface area contributed by atoms with Crippen LogP contribution in [0.1, 0.15) is 38.6 Å². The fourth-order valence-corrected chi connectivity index (χ4v) is 2.13. The molecule has 1 aromatic rings. The van der Waals surface area contributed by atoms with Crippen LogP contribution in [0.5, 0.6) is 0 Å². The number of amides is 1. The molecule has 1 aromatic heterocycles. The van der Waals surface area contributed by atoms with Crippen molar-refractivity contribution in [3.05, 3.63) is 17.5 Å². The Kier molecular flexibility index (Phi) is 4.51. The van der Waals surface area contributed by atoms with Crippen LogP contribution in [0.25, 0.3) is 0 Å². The average molecular weight is 252 g/mol. The second kappa shape index (κ2) is 5.52. The van der Waals surface area contributed by atoms with Crippen molar-refractivity contribution in [1.82, 2.24) is 15.1 Å². The third-order valence-electron chi connectivity index (χ3n) is 3.08. The van der Waals surface area contributed by atoms with Gasteiger partial charge >= 0.3 is 0 Å². The first-order chi connectivity index (χ1) is 8.24. The Bertz CT molecular complexity index is 425. The molecule has 0 saturated heterocycles. The van der Waals surface area contributed by atoms with E-state index in [9.17, 15) is 4.79 Å². The fourth-order valence-electron chi connectivity index (χ4n) is 2.13. The van der Waals surface area contributed by atoms with Gasteiger partial charge in [0.05, 0.1) is 11.2 Å². The number of aromatic nitrogens is 2. The maximum Gasteiger partial charge on any atom is 0.237 e. The summed E-state index contributed by atoms with van der Waals surface area (Å²) in [6.07, 6.45) is 0.627. The first kappa shape index (κ1) is 14.7. The second-order valence-corrected chi connectivity index (χ2v) is 5.40. The van der Waals surface area contributed by atoms with Gasteiger partial charge in [0.1, 0.15) is 0 Å². The molecule has 0 aliphatic rings. The summed E-state index contributed by atoms with van der Waals surface area (Å²) in [6.45, 7) is 10.5. The number of primary amides is 1. The van der Waals surface area contributed by atoms with Crippen LogP contribution in [0, 0.1) is 13.8 Å². The minimum Gasteiger partial charge on any atom is -0.368 e. The third-order valence-corrected chi connectivity index (χ3v) is 3.08. The van der Waals surface area contributed by atoms with Gasteiger partial charge in [0.2, 0.25) is 5.91 Å². The molecule has 0 spiro atoms. The highest BCUT2D eigenvalue weighted by molar-refractivity contribution is 5.84. The molecule has 0 radical (unpaired) electrons. The van der Waals surface area contributed by atoms with E-state index in [1.807, 2.05) is 45.4 Å². The number of nitrogens with two attached hydrogens (primary N) is 1. The van der Waals surface area contributed by atoms with Gasteiger partial charge in [0, 0.05) is 18.3 Å². The highest BCUT2D eigenvalue weighted by atomic mass is 16.1. The lowest BCUT2D eigenvalue weighted by molar-refractivity contribution is -0.124. The van der Waals surface area contributed by atoms with Crippen molar-refractivity contribution in [2.45, 2.75) is 59.2 Å². The molecular formula is C13H24N4O. The summed E-state index contributed by atoms with van der Waals surface area (Å²) in [7, 11) is 0. The molecule has 1 atom stereocenters. The predicted molar refractivity (Wildman–Crippen MR) is 72.2 cm³/mol. The van der Waals surface area contributed by atoms with E-state index < -0.39 is 5.54 Å². The quantitative estimate of drug-likeness (QED) is 0.797. The van der Waals surface area contributed by atoms with Gasteiger partial charge in [-0.2, -0.15) is 5.10 Å². The number of carbonyl (C=O) groups excluding carboxylic acids is 1. The Balaban J connectivity index is 2.74. The monoisotopic (exact) mass is 252 g/mol. The van der Waals surface area contributed by atoms with E-state index in [4.69, 9.17) is 5.73 Å². The molecule has 0 bridgehead atoms. The molecule has 1 amide bonds. The first-order valence-corrected chi connectivity index (χ1v) is 6.33. The standard InChI is InChI=1S/C13H24N4O/c1-9(2)15-13(5,12(14)18)6-7-17-11(4)8-10(3)16-17/h8-9,15H,6-7H2,1-5H3,(H2,14,18). The summed E-state index contributed by atoms with van der Waals surface area (Å²) in [5.41, 5.74) is 6.89. The molecule has 0 aliphatic carbocycles. The molecule has 0 fully saturated rings. The molecule has 1 unspecified atom stereocenters. The molecule has 3 N–H and O–H groups in total. The van der Waals surface area contributed by atoms with Gasteiger partial charge in [-0.1, -0.05) is 0 Å². The van der Waals surface area contributed by atoms with Gasteiger partial charge in [-0.15, -0.1) is 0 Å². The normalized spacial score (nSPS) is 14.8. The van der Waals surface area contributed by atoms with Crippen LogP contribution in [0.4, 0.5) is 0 Å². The number of hydrogen-bond acceptors (Lipinski definition) is 3. The number of rotatable bonds is 6. The van der Waals surface area contributed by atoms with Gasteiger partial charge in [0.25, 0.3) is 0 Å². The number of hydrogen-bond donors (Lipinski definition) is 2. The van der Waals surface area contributed by atoms with Crippen LogP contribution in [-0.4, -0.2) is 27.3 Å². The number of nitrogens with one attached hydrogen (secondary N) is 1. The van der Waals surface area contributed by atoms with Crippen molar-refractivity contribution in [3.8, 4) is 0 Å². The number of nitrogens with zero attached hydrogens (tertiary/aromatic N) is 2. The lowest BCUT2D eigenvalue weighted by Crippen LogP contribution is -2.56. The van der Waals surface area contributed by atoms with E-state index in [0.717, 1.165) is 11.4 Å². The Labute approximate surface area is 109 Å². The number of aryl methyl sites for hydroxylation is 3. The lowest BCUT2D eigenvalue weighted by Gasteiger charge is -2.30. The molecule has 1 rings (SSSR count). The zero-order chi connectivity index (χ0) is 13.9. The summed E-state index contributed by atoms with van der Waals surface area (Å²) < 4.78 is 1.92. The highest BCUT2D eigenvalue weighted by Crippen LogP contribution is 2.13. The van der Waals surface area contributed by atoms with Crippen LogP contribution in [0.2, 0.25) is 0 Å². The van der Waals surface area contributed by atoms with Crippen LogP contribution in [0.15, 0.2) is 6.07 Å². The number of carbonyl (C=O) groups is 1. The predicted octanol–water partition coefficient (Wildman–Crippen LogP) is 1.13. The molecule has 5 nitrogen and oxygen atoms in total. The van der Waals surface area contributed by atoms with Crippen LogP contribution in [0.3, 0.4) is 0 Å². The van der Waals surface area contributed by atoms with Gasteiger partial charge in [-0.25, -0.2) is 0 Å². The largest absolute Gasteiger partial charge is 0.368 e. The molecular weight excluding hydrogens is 228 g/mol. The summed E-state index contributed by atoms with van der Waals surface area (Å²) in [4.78, 5) is 11.6. The maximum absolute atomic E-state index is 11.6. The lowest BCUT2D eigenvalue weighted by atomic mass is 9.96. The minimum absolute atomic E-state index is 0.211. The molecule has 1 heterocycles. The summed E-state index contributed by atoms with van der Waals surface area (Å²) in [6, 6.07) is 2.24. The van der Waals surface area contributed by atoms with E-state index in [2.05, 4.69) is 10.4 Å². The Morgan fingerprint density at radius 1 is 1.56 bits per heavy atom. The van der Waals surface area contributed by atoms with Crippen molar-refractivity contribution in [3.63, 3.8) is 0 Å². The van der Waals surface area contributed by atoms with Gasteiger partial charge < -0.3 is 11.1 Å². The van der Waals surface area contributed by atoms with Crippen LogP contribution >= 0.6 is 0 Å². The highest BCUT2D eigenvalue weighted by Gasteiger charge is 2.31. The summed E-state index contributed by atoms with van der Waals surface area (Å²) in [5.74, 6) is -0.322. The topological polar surface area (TPSA) is 72.9 Å². The van der Waals surface area contributed by atoms with E-state index in [1.54, 1.807) is 0 Å². The van der Waals surface area contributed by atoms with Crippen LogP contribution in [-0.2, 0) is 11.3 Å². The minimum atomic E-state index is -0.694. The van der Waals surface area contributed by atoms with Crippen molar-refractivity contribution in [2.24, 2.45) is 5.73 Å². The van der Waals surface area contributed by atoms with E-state index in [0.29, 0.717) is 13.0 Å². The smallest absolute Gasteiger partial charge is 0.237 e. The molecule has 0 aromatic carbocycles. The van der Waals surface area contributed by atoms with Crippen molar-refractivity contribution < 1.29 is 4.79 Å². The Morgan fingerprint density at radius 2 is 2.17 bits per heavy atom. The second-order valence-electron chi connectivity index (χ2n) is 5.40. The maximum atomic E-state index is 11.6. The van der Waals surface area contributed by atoms with Gasteiger partial charge in [-0.3, -0.25) is 9.48 Å². The molecule has 0 saturated carbocycles. The van der Waals surface area contributed by atoms with E-state index in [1.165, 1.54) is 0 Å². The molecule has 102 valence electrons. The van der Waals surface area contributed by atoms with E-state index >= 15 is 0 Å². The third kappa shape index (κ3) is 3.57. The average Bonchev–Trinajstić information content (AvgIpc) is 2.53.